The van der Waals surface area contributed by atoms with Gasteiger partial charge in [0, 0.05) is 16.6 Å². The molecule has 1 amide bonds. The van der Waals surface area contributed by atoms with Crippen LogP contribution in [0.1, 0.15) is 10.6 Å². The molecule has 144 valence electrons. The van der Waals surface area contributed by atoms with E-state index in [4.69, 9.17) is 14.5 Å². The van der Waals surface area contributed by atoms with Gasteiger partial charge < -0.3 is 14.8 Å². The molecule has 28 heavy (non-hydrogen) atoms. The Balaban J connectivity index is 1.46. The number of anilines is 2. The first-order valence-corrected chi connectivity index (χ1v) is 9.89. The van der Waals surface area contributed by atoms with Gasteiger partial charge in [-0.2, -0.15) is 0 Å². The molecule has 0 radical (unpaired) electrons. The average molecular weight is 395 g/mol. The molecule has 0 aliphatic carbocycles. The predicted octanol–water partition coefficient (Wildman–Crippen LogP) is 4.70. The molecule has 4 rings (SSSR count). The zero-order valence-corrected chi connectivity index (χ0v) is 16.6. The Morgan fingerprint density at radius 2 is 2.18 bits per heavy atom. The van der Waals surface area contributed by atoms with Crippen molar-refractivity contribution >= 4 is 28.8 Å². The van der Waals surface area contributed by atoms with Gasteiger partial charge in [0.25, 0.3) is 0 Å². The summed E-state index contributed by atoms with van der Waals surface area (Å²) in [6, 6.07) is 13.9. The number of nitrogens with one attached hydrogen (secondary N) is 1. The summed E-state index contributed by atoms with van der Waals surface area (Å²) in [4.78, 5) is 18.3. The minimum atomic E-state index is -0.289. The van der Waals surface area contributed by atoms with Crippen molar-refractivity contribution < 1.29 is 14.3 Å². The van der Waals surface area contributed by atoms with Crippen molar-refractivity contribution in [3.05, 3.63) is 58.4 Å². The predicted molar refractivity (Wildman–Crippen MR) is 111 cm³/mol. The summed E-state index contributed by atoms with van der Waals surface area (Å²) in [6.07, 6.45) is -0.289. The number of methoxy groups -OCH3 is 1. The lowest BCUT2D eigenvalue weighted by Crippen LogP contribution is -2.24. The molecule has 0 saturated carbocycles. The first-order chi connectivity index (χ1) is 13.6. The smallest absolute Gasteiger partial charge is 0.414 e. The molecule has 2 aromatic carbocycles. The van der Waals surface area contributed by atoms with Crippen LogP contribution in [-0.2, 0) is 11.3 Å². The van der Waals surface area contributed by atoms with Crippen LogP contribution in [0.5, 0.6) is 5.75 Å². The maximum atomic E-state index is 11.9. The molecule has 1 fully saturated rings. The van der Waals surface area contributed by atoms with E-state index < -0.39 is 0 Å². The minimum Gasteiger partial charge on any atom is -0.497 e. The fraction of sp³-hybridized carbons (Fsp3) is 0.238. The number of aryl methyl sites for hydroxylation is 1. The van der Waals surface area contributed by atoms with Gasteiger partial charge in [-0.25, -0.2) is 9.78 Å². The van der Waals surface area contributed by atoms with Crippen LogP contribution in [0.2, 0.25) is 0 Å². The minimum absolute atomic E-state index is 0.289. The lowest BCUT2D eigenvalue weighted by atomic mass is 10.1. The normalized spacial score (nSPS) is 13.5. The lowest BCUT2D eigenvalue weighted by Gasteiger charge is -2.17. The second-order valence-corrected chi connectivity index (χ2v) is 7.42. The first kappa shape index (κ1) is 18.3. The molecule has 1 saturated heterocycles. The van der Waals surface area contributed by atoms with Crippen molar-refractivity contribution in [2.24, 2.45) is 0 Å². The number of aromatic nitrogens is 1. The summed E-state index contributed by atoms with van der Waals surface area (Å²) in [5.41, 5.74) is 4.83. The number of amides is 1. The van der Waals surface area contributed by atoms with E-state index in [-0.39, 0.29) is 6.09 Å². The quantitative estimate of drug-likeness (QED) is 0.656. The monoisotopic (exact) mass is 395 g/mol. The molecule has 0 atom stereocenters. The van der Waals surface area contributed by atoms with Crippen LogP contribution in [0, 0.1) is 6.92 Å². The Bertz CT molecular complexity index is 1000. The van der Waals surface area contributed by atoms with E-state index in [0.717, 1.165) is 39.0 Å². The van der Waals surface area contributed by atoms with E-state index in [9.17, 15) is 4.79 Å². The van der Waals surface area contributed by atoms with E-state index in [2.05, 4.69) is 5.32 Å². The van der Waals surface area contributed by atoms with E-state index in [1.807, 2.05) is 54.8 Å². The summed E-state index contributed by atoms with van der Waals surface area (Å²) in [5, 5.41) is 6.43. The number of cyclic esters (lactones) is 1. The topological polar surface area (TPSA) is 63.7 Å². The zero-order valence-electron chi connectivity index (χ0n) is 15.8. The van der Waals surface area contributed by atoms with Gasteiger partial charge in [-0.3, -0.25) is 4.90 Å². The molecule has 1 aromatic heterocycles. The molecule has 1 N–H and O–H groups in total. The zero-order chi connectivity index (χ0) is 19.5. The maximum Gasteiger partial charge on any atom is 0.414 e. The van der Waals surface area contributed by atoms with Crippen LogP contribution in [0.25, 0.3) is 11.3 Å². The molecule has 0 unspecified atom stereocenters. The highest BCUT2D eigenvalue weighted by Gasteiger charge is 2.25. The van der Waals surface area contributed by atoms with Gasteiger partial charge in [-0.15, -0.1) is 11.3 Å². The number of benzene rings is 2. The molecule has 1 aliphatic rings. The number of thiazole rings is 1. The third-order valence-corrected chi connectivity index (χ3v) is 5.47. The van der Waals surface area contributed by atoms with Crippen molar-refractivity contribution in [3.8, 4) is 17.0 Å². The van der Waals surface area contributed by atoms with Crippen LogP contribution >= 0.6 is 11.3 Å². The van der Waals surface area contributed by atoms with E-state index >= 15 is 0 Å². The van der Waals surface area contributed by atoms with Crippen LogP contribution in [0.3, 0.4) is 0 Å². The molecule has 2 heterocycles. The molecule has 0 spiro atoms. The largest absolute Gasteiger partial charge is 0.497 e. The number of carbonyl (C=O) groups is 1. The molecule has 3 aromatic rings. The van der Waals surface area contributed by atoms with Gasteiger partial charge in [0.05, 0.1) is 31.6 Å². The van der Waals surface area contributed by atoms with Gasteiger partial charge >= 0.3 is 6.09 Å². The van der Waals surface area contributed by atoms with Crippen molar-refractivity contribution in [3.63, 3.8) is 0 Å². The number of rotatable bonds is 6. The Hall–Kier alpha value is -3.06. The van der Waals surface area contributed by atoms with Gasteiger partial charge in [-0.1, -0.05) is 18.2 Å². The van der Waals surface area contributed by atoms with Crippen molar-refractivity contribution in [2.45, 2.75) is 13.5 Å². The van der Waals surface area contributed by atoms with Gasteiger partial charge in [0.15, 0.2) is 0 Å². The van der Waals surface area contributed by atoms with Crippen LogP contribution in [0.15, 0.2) is 47.8 Å². The third kappa shape index (κ3) is 3.80. The molecular formula is C21H21N3O3S. The average Bonchev–Trinajstić information content (AvgIpc) is 3.36. The lowest BCUT2D eigenvalue weighted by molar-refractivity contribution is 0.181. The molecule has 0 bridgehead atoms. The van der Waals surface area contributed by atoms with Crippen LogP contribution in [0.4, 0.5) is 16.2 Å². The molecule has 1 aliphatic heterocycles. The summed E-state index contributed by atoms with van der Waals surface area (Å²) < 4.78 is 10.3. The van der Waals surface area contributed by atoms with E-state index in [0.29, 0.717) is 19.7 Å². The maximum absolute atomic E-state index is 11.9. The first-order valence-electron chi connectivity index (χ1n) is 9.01. The Morgan fingerprint density at radius 1 is 1.29 bits per heavy atom. The fourth-order valence-corrected chi connectivity index (χ4v) is 3.85. The van der Waals surface area contributed by atoms with E-state index in [1.165, 1.54) is 0 Å². The van der Waals surface area contributed by atoms with Gasteiger partial charge in [-0.05, 0) is 36.8 Å². The number of carbonyl (C=O) groups excluding carboxylic acids is 1. The van der Waals surface area contributed by atoms with Gasteiger partial charge in [0.2, 0.25) is 0 Å². The number of nitrogens with zero attached hydrogens (tertiary/aromatic N) is 2. The Morgan fingerprint density at radius 3 is 2.96 bits per heavy atom. The highest BCUT2D eigenvalue weighted by molar-refractivity contribution is 7.10. The summed E-state index contributed by atoms with van der Waals surface area (Å²) in [5.74, 6) is 0.817. The van der Waals surface area contributed by atoms with E-state index in [1.54, 1.807) is 23.3 Å². The SMILES string of the molecule is COc1cccc(-c2csc(CNc3ccc(C)c(N4CCOC4=O)c3)n2)c1. The highest BCUT2D eigenvalue weighted by Crippen LogP contribution is 2.28. The number of ether oxygens (including phenoxy) is 2. The molecule has 7 heteroatoms. The molecular weight excluding hydrogens is 374 g/mol. The number of hydrogen-bond acceptors (Lipinski definition) is 6. The third-order valence-electron chi connectivity index (χ3n) is 4.62. The second kappa shape index (κ2) is 7.90. The Labute approximate surface area is 167 Å². The summed E-state index contributed by atoms with van der Waals surface area (Å²) in [7, 11) is 1.66. The van der Waals surface area contributed by atoms with Crippen molar-refractivity contribution in [1.29, 1.82) is 0 Å². The standard InChI is InChI=1S/C21H21N3O3S/c1-14-6-7-16(11-19(14)24-8-9-27-21(24)25)22-12-20-23-18(13-28-20)15-4-3-5-17(10-15)26-2/h3-7,10-11,13,22H,8-9,12H2,1-2H3. The second-order valence-electron chi connectivity index (χ2n) is 6.48. The van der Waals surface area contributed by atoms with Crippen LogP contribution in [-0.4, -0.2) is 31.3 Å². The number of hydrogen-bond donors (Lipinski definition) is 1. The highest BCUT2D eigenvalue weighted by atomic mass is 32.1. The molecule has 6 nitrogen and oxygen atoms in total. The Kier molecular flexibility index (Phi) is 5.16. The van der Waals surface area contributed by atoms with Crippen molar-refractivity contribution in [1.82, 2.24) is 4.98 Å². The fourth-order valence-electron chi connectivity index (χ4n) is 3.11. The summed E-state index contributed by atoms with van der Waals surface area (Å²) >= 11 is 1.61. The van der Waals surface area contributed by atoms with Gasteiger partial charge in [0.1, 0.15) is 17.4 Å². The van der Waals surface area contributed by atoms with Crippen LogP contribution < -0.4 is 15.0 Å². The van der Waals surface area contributed by atoms with Crippen molar-refractivity contribution in [2.75, 3.05) is 30.5 Å². The summed E-state index contributed by atoms with van der Waals surface area (Å²) in [6.45, 7) is 3.62.